The maximum atomic E-state index is 12.6. The van der Waals surface area contributed by atoms with Crippen LogP contribution in [0.4, 0.5) is 0 Å². The Kier molecular flexibility index (Phi) is 8.73. The van der Waals surface area contributed by atoms with E-state index in [-0.39, 0.29) is 4.90 Å². The van der Waals surface area contributed by atoms with Gasteiger partial charge in [0.2, 0.25) is 15.8 Å². The van der Waals surface area contributed by atoms with Crippen molar-refractivity contribution in [1.82, 2.24) is 9.29 Å². The molecule has 1 aromatic carbocycles. The smallest absolute Gasteiger partial charge is 0.327 e. The van der Waals surface area contributed by atoms with Gasteiger partial charge >= 0.3 is 5.97 Å². The molecule has 0 radical (unpaired) electrons. The molecule has 1 aromatic heterocycles. The lowest BCUT2D eigenvalue weighted by atomic mass is 10.1. The Morgan fingerprint density at radius 1 is 1.16 bits per heavy atom. The summed E-state index contributed by atoms with van der Waals surface area (Å²) in [6.45, 7) is 7.19. The maximum Gasteiger partial charge on any atom is 0.327 e. The number of esters is 1. The fraction of sp³-hybridized carbons (Fsp3) is 0.455. The fourth-order valence-corrected chi connectivity index (χ4v) is 4.47. The zero-order valence-corrected chi connectivity index (χ0v) is 19.7. The summed E-state index contributed by atoms with van der Waals surface area (Å²) in [5.74, 6) is -1.47. The lowest BCUT2D eigenvalue weighted by Crippen LogP contribution is -2.48. The van der Waals surface area contributed by atoms with E-state index < -0.39 is 40.5 Å². The number of rotatable bonds is 11. The monoisotopic (exact) mass is 466 g/mol. The summed E-state index contributed by atoms with van der Waals surface area (Å²) in [5.41, 5.74) is 2.85. The van der Waals surface area contributed by atoms with Crippen molar-refractivity contribution >= 4 is 21.8 Å². The number of ether oxygens (including phenoxy) is 2. The summed E-state index contributed by atoms with van der Waals surface area (Å²) < 4.78 is 39.4. The minimum Gasteiger partial charge on any atom is -0.456 e. The highest BCUT2D eigenvalue weighted by Gasteiger charge is 2.31. The molecule has 176 valence electrons. The van der Waals surface area contributed by atoms with Gasteiger partial charge in [0.1, 0.15) is 6.04 Å². The predicted molar refractivity (Wildman–Crippen MR) is 118 cm³/mol. The third-order valence-electron chi connectivity index (χ3n) is 5.09. The van der Waals surface area contributed by atoms with Gasteiger partial charge in [0, 0.05) is 30.6 Å². The van der Waals surface area contributed by atoms with Crippen LogP contribution >= 0.6 is 0 Å². The summed E-state index contributed by atoms with van der Waals surface area (Å²) in [5, 5.41) is 9.96. The molecule has 2 unspecified atom stereocenters. The lowest BCUT2D eigenvalue weighted by Gasteiger charge is -2.20. The van der Waals surface area contributed by atoms with Gasteiger partial charge < -0.3 is 19.1 Å². The molecular weight excluding hydrogens is 436 g/mol. The summed E-state index contributed by atoms with van der Waals surface area (Å²) in [4.78, 5) is 25.1. The number of carbonyl (C=O) groups excluding carboxylic acids is 2. The molecule has 0 amide bonds. The SMILES string of the molecule is COCCn1c(C)cc(C(=O)COC(=O)C(NS(=O)(=O)c2ccc(C)cc2)C(C)O)c1C. The summed E-state index contributed by atoms with van der Waals surface area (Å²) in [6, 6.07) is 6.16. The average Bonchev–Trinajstić information content (AvgIpc) is 3.02. The van der Waals surface area contributed by atoms with E-state index in [0.29, 0.717) is 24.4 Å². The zero-order chi connectivity index (χ0) is 24.1. The van der Waals surface area contributed by atoms with E-state index >= 15 is 0 Å². The van der Waals surface area contributed by atoms with Gasteiger partial charge in [-0.1, -0.05) is 17.7 Å². The van der Waals surface area contributed by atoms with Crippen molar-refractivity contribution in [3.05, 3.63) is 52.8 Å². The van der Waals surface area contributed by atoms with E-state index in [2.05, 4.69) is 4.72 Å². The van der Waals surface area contributed by atoms with Crippen molar-refractivity contribution in [3.63, 3.8) is 0 Å². The number of hydrogen-bond donors (Lipinski definition) is 2. The molecule has 0 aliphatic heterocycles. The lowest BCUT2D eigenvalue weighted by molar-refractivity contribution is -0.147. The molecule has 0 fully saturated rings. The average molecular weight is 467 g/mol. The van der Waals surface area contributed by atoms with Gasteiger partial charge in [-0.05, 0) is 45.9 Å². The number of aromatic nitrogens is 1. The third kappa shape index (κ3) is 6.26. The van der Waals surface area contributed by atoms with Crippen LogP contribution in [-0.4, -0.2) is 62.3 Å². The number of hydrogen-bond acceptors (Lipinski definition) is 7. The molecule has 0 aliphatic rings. The number of Topliss-reactive ketones (excluding diaryl/α,β-unsaturated/α-hetero) is 1. The van der Waals surface area contributed by atoms with Gasteiger partial charge in [-0.15, -0.1) is 0 Å². The Bertz CT molecular complexity index is 1060. The number of benzene rings is 1. The van der Waals surface area contributed by atoms with Crippen LogP contribution in [0.1, 0.15) is 34.2 Å². The van der Waals surface area contributed by atoms with Crippen molar-refractivity contribution in [1.29, 1.82) is 0 Å². The van der Waals surface area contributed by atoms with Crippen LogP contribution in [0.15, 0.2) is 35.2 Å². The second-order valence-corrected chi connectivity index (χ2v) is 9.33. The Morgan fingerprint density at radius 3 is 2.34 bits per heavy atom. The van der Waals surface area contributed by atoms with E-state index in [1.807, 2.05) is 18.4 Å². The number of carbonyl (C=O) groups is 2. The molecule has 2 aromatic rings. The van der Waals surface area contributed by atoms with E-state index in [9.17, 15) is 23.1 Å². The largest absolute Gasteiger partial charge is 0.456 e. The number of aliphatic hydroxyl groups excluding tert-OH is 1. The molecule has 2 N–H and O–H groups in total. The highest BCUT2D eigenvalue weighted by atomic mass is 32.2. The Morgan fingerprint density at radius 2 is 1.78 bits per heavy atom. The minimum atomic E-state index is -4.09. The molecule has 2 rings (SSSR count). The van der Waals surface area contributed by atoms with Crippen molar-refractivity contribution < 1.29 is 32.6 Å². The van der Waals surface area contributed by atoms with Crippen LogP contribution in [0.2, 0.25) is 0 Å². The molecule has 1 heterocycles. The van der Waals surface area contributed by atoms with Gasteiger partial charge in [-0.3, -0.25) is 9.59 Å². The quantitative estimate of drug-likeness (QED) is 0.380. The van der Waals surface area contributed by atoms with Gasteiger partial charge in [-0.2, -0.15) is 4.72 Å². The number of methoxy groups -OCH3 is 1. The van der Waals surface area contributed by atoms with E-state index in [0.717, 1.165) is 11.3 Å². The third-order valence-corrected chi connectivity index (χ3v) is 6.55. The predicted octanol–water partition coefficient (Wildman–Crippen LogP) is 1.51. The zero-order valence-electron chi connectivity index (χ0n) is 18.9. The first kappa shape index (κ1) is 25.7. The number of aliphatic hydroxyl groups is 1. The number of aryl methyl sites for hydroxylation is 2. The van der Waals surface area contributed by atoms with Crippen LogP contribution in [0.25, 0.3) is 0 Å². The number of sulfonamides is 1. The van der Waals surface area contributed by atoms with Crippen LogP contribution < -0.4 is 4.72 Å². The molecule has 0 bridgehead atoms. The first-order chi connectivity index (χ1) is 15.0. The molecule has 0 spiro atoms. The number of nitrogens with one attached hydrogen (secondary N) is 1. The van der Waals surface area contributed by atoms with Crippen molar-refractivity contribution in [3.8, 4) is 0 Å². The standard InChI is InChI=1S/C22H30N2O7S/c1-14-6-8-18(9-7-14)32(28,29)23-21(17(4)25)22(27)31-13-20(26)19-12-15(2)24(16(19)3)10-11-30-5/h6-9,12,17,21,23,25H,10-11,13H2,1-5H3. The van der Waals surface area contributed by atoms with Crippen molar-refractivity contribution in [2.24, 2.45) is 0 Å². The number of nitrogens with zero attached hydrogens (tertiary/aromatic N) is 1. The summed E-state index contributed by atoms with van der Waals surface area (Å²) >= 11 is 0. The normalized spacial score (nSPS) is 13.6. The molecular formula is C22H30N2O7S. The van der Waals surface area contributed by atoms with E-state index in [1.54, 1.807) is 32.2 Å². The van der Waals surface area contributed by atoms with Gasteiger partial charge in [-0.25, -0.2) is 8.42 Å². The Hall–Kier alpha value is -2.53. The van der Waals surface area contributed by atoms with Crippen LogP contribution in [0.3, 0.4) is 0 Å². The fourth-order valence-electron chi connectivity index (χ4n) is 3.21. The first-order valence-corrected chi connectivity index (χ1v) is 11.6. The minimum absolute atomic E-state index is 0.0545. The summed E-state index contributed by atoms with van der Waals surface area (Å²) in [7, 11) is -2.50. The molecule has 0 saturated heterocycles. The molecule has 10 heteroatoms. The van der Waals surface area contributed by atoms with Crippen molar-refractivity contribution in [2.45, 2.75) is 51.3 Å². The molecule has 0 aliphatic carbocycles. The topological polar surface area (TPSA) is 124 Å². The second kappa shape index (κ2) is 10.9. The summed E-state index contributed by atoms with van der Waals surface area (Å²) in [6.07, 6.45) is -1.38. The van der Waals surface area contributed by atoms with Crippen molar-refractivity contribution in [2.75, 3.05) is 20.3 Å². The second-order valence-electron chi connectivity index (χ2n) is 7.61. The maximum absolute atomic E-state index is 12.6. The van der Waals surface area contributed by atoms with Gasteiger partial charge in [0.15, 0.2) is 6.61 Å². The highest BCUT2D eigenvalue weighted by Crippen LogP contribution is 2.16. The Balaban J connectivity index is 2.09. The van der Waals surface area contributed by atoms with Crippen LogP contribution in [0, 0.1) is 20.8 Å². The molecule has 32 heavy (non-hydrogen) atoms. The van der Waals surface area contributed by atoms with Crippen LogP contribution in [0.5, 0.6) is 0 Å². The van der Waals surface area contributed by atoms with Gasteiger partial charge in [0.25, 0.3) is 0 Å². The Labute approximate surface area is 188 Å². The van der Waals surface area contributed by atoms with E-state index in [1.165, 1.54) is 19.1 Å². The molecule has 0 saturated carbocycles. The van der Waals surface area contributed by atoms with Crippen LogP contribution in [-0.2, 0) is 30.8 Å². The number of ketones is 1. The van der Waals surface area contributed by atoms with Gasteiger partial charge in [0.05, 0.1) is 17.6 Å². The molecule has 2 atom stereocenters. The highest BCUT2D eigenvalue weighted by molar-refractivity contribution is 7.89. The first-order valence-electron chi connectivity index (χ1n) is 10.1. The van der Waals surface area contributed by atoms with E-state index in [4.69, 9.17) is 9.47 Å². The molecule has 9 nitrogen and oxygen atoms in total.